The minimum atomic E-state index is -0.260. The molecule has 2 N–H and O–H groups in total. The molecule has 0 fully saturated rings. The number of methoxy groups -OCH3 is 1. The molecule has 1 heterocycles. The Morgan fingerprint density at radius 3 is 2.93 bits per heavy atom. The van der Waals surface area contributed by atoms with Gasteiger partial charge in [0.2, 0.25) is 0 Å². The zero-order valence-electron chi connectivity index (χ0n) is 8.58. The van der Waals surface area contributed by atoms with Crippen LogP contribution in [0.1, 0.15) is 23.3 Å². The van der Waals surface area contributed by atoms with E-state index in [1.54, 1.807) is 18.3 Å². The number of hydrogen-bond donors (Lipinski definition) is 2. The van der Waals surface area contributed by atoms with Gasteiger partial charge in [0.05, 0.1) is 7.11 Å². The van der Waals surface area contributed by atoms with Crippen LogP contribution in [0.4, 0.5) is 0 Å². The van der Waals surface area contributed by atoms with Gasteiger partial charge in [0.25, 0.3) is 5.91 Å². The Balaban J connectivity index is 2.16. The minimum Gasteiger partial charge on any atom is -0.469 e. The van der Waals surface area contributed by atoms with Crippen LogP contribution in [0.25, 0.3) is 0 Å². The van der Waals surface area contributed by atoms with Gasteiger partial charge < -0.3 is 15.0 Å². The Labute approximate surface area is 87.8 Å². The number of aromatic amines is 1. The van der Waals surface area contributed by atoms with Crippen molar-refractivity contribution < 1.29 is 14.3 Å². The fourth-order valence-electron chi connectivity index (χ4n) is 1.10. The molecule has 0 unspecified atom stereocenters. The van der Waals surface area contributed by atoms with Crippen molar-refractivity contribution in [1.29, 1.82) is 0 Å². The second kappa shape index (κ2) is 5.85. The van der Waals surface area contributed by atoms with Crippen LogP contribution in [0, 0.1) is 0 Å². The molecule has 1 aromatic heterocycles. The second-order valence-corrected chi connectivity index (χ2v) is 3.02. The summed E-state index contributed by atoms with van der Waals surface area (Å²) in [6.45, 7) is 0.465. The molecule has 15 heavy (non-hydrogen) atoms. The van der Waals surface area contributed by atoms with Crippen LogP contribution >= 0.6 is 0 Å². The number of aromatic nitrogens is 1. The van der Waals surface area contributed by atoms with E-state index >= 15 is 0 Å². The van der Waals surface area contributed by atoms with E-state index in [1.165, 1.54) is 7.11 Å². The molecular formula is C10H14N2O3. The highest BCUT2D eigenvalue weighted by Crippen LogP contribution is 1.95. The predicted octanol–water partition coefficient (Wildman–Crippen LogP) is 0.698. The van der Waals surface area contributed by atoms with Gasteiger partial charge in [-0.2, -0.15) is 0 Å². The standard InChI is InChI=1S/C10H14N2O3/c1-15-9(13)5-3-7-12-10(14)8-4-2-6-11-8/h2,4,6,11H,3,5,7H2,1H3,(H,12,14). The summed E-state index contributed by atoms with van der Waals surface area (Å²) in [5.74, 6) is -0.422. The first-order valence-electron chi connectivity index (χ1n) is 4.72. The molecule has 0 radical (unpaired) electrons. The summed E-state index contributed by atoms with van der Waals surface area (Å²) in [6, 6.07) is 3.44. The van der Waals surface area contributed by atoms with Crippen molar-refractivity contribution in [1.82, 2.24) is 10.3 Å². The Bertz CT molecular complexity index is 319. The number of carbonyl (C=O) groups excluding carboxylic acids is 2. The van der Waals surface area contributed by atoms with Crippen molar-refractivity contribution in [3.63, 3.8) is 0 Å². The molecule has 0 bridgehead atoms. The van der Waals surface area contributed by atoms with Gasteiger partial charge in [-0.25, -0.2) is 0 Å². The number of esters is 1. The average Bonchev–Trinajstić information content (AvgIpc) is 2.77. The van der Waals surface area contributed by atoms with Crippen LogP contribution in [0.3, 0.4) is 0 Å². The lowest BCUT2D eigenvalue weighted by molar-refractivity contribution is -0.140. The van der Waals surface area contributed by atoms with E-state index in [0.29, 0.717) is 25.1 Å². The minimum absolute atomic E-state index is 0.162. The highest BCUT2D eigenvalue weighted by atomic mass is 16.5. The van der Waals surface area contributed by atoms with Crippen molar-refractivity contribution in [2.75, 3.05) is 13.7 Å². The fraction of sp³-hybridized carbons (Fsp3) is 0.400. The predicted molar refractivity (Wildman–Crippen MR) is 54.4 cm³/mol. The number of rotatable bonds is 5. The largest absolute Gasteiger partial charge is 0.469 e. The summed E-state index contributed by atoms with van der Waals surface area (Å²) in [7, 11) is 1.35. The van der Waals surface area contributed by atoms with Crippen LogP contribution in [0.5, 0.6) is 0 Å². The first-order chi connectivity index (χ1) is 7.24. The number of H-pyrrole nitrogens is 1. The third-order valence-electron chi connectivity index (χ3n) is 1.91. The zero-order chi connectivity index (χ0) is 11.1. The number of hydrogen-bond acceptors (Lipinski definition) is 3. The van der Waals surface area contributed by atoms with Gasteiger partial charge in [-0.15, -0.1) is 0 Å². The van der Waals surface area contributed by atoms with E-state index < -0.39 is 0 Å². The zero-order valence-corrected chi connectivity index (χ0v) is 8.58. The molecule has 0 atom stereocenters. The van der Waals surface area contributed by atoms with Crippen molar-refractivity contribution in [3.8, 4) is 0 Å². The van der Waals surface area contributed by atoms with Gasteiger partial charge in [-0.05, 0) is 18.6 Å². The lowest BCUT2D eigenvalue weighted by Crippen LogP contribution is -2.25. The molecular weight excluding hydrogens is 196 g/mol. The van der Waals surface area contributed by atoms with Crippen LogP contribution in [-0.4, -0.2) is 30.5 Å². The first-order valence-corrected chi connectivity index (χ1v) is 4.72. The Morgan fingerprint density at radius 1 is 1.53 bits per heavy atom. The highest BCUT2D eigenvalue weighted by Gasteiger charge is 2.05. The van der Waals surface area contributed by atoms with Crippen LogP contribution in [-0.2, 0) is 9.53 Å². The van der Waals surface area contributed by atoms with E-state index in [1.807, 2.05) is 0 Å². The molecule has 5 heteroatoms. The SMILES string of the molecule is COC(=O)CCCNC(=O)c1ccc[nH]1. The van der Waals surface area contributed by atoms with Gasteiger partial charge in [0.1, 0.15) is 5.69 Å². The molecule has 0 aliphatic heterocycles. The summed E-state index contributed by atoms with van der Waals surface area (Å²) >= 11 is 0. The van der Waals surface area contributed by atoms with Crippen molar-refractivity contribution in [3.05, 3.63) is 24.0 Å². The molecule has 0 spiro atoms. The van der Waals surface area contributed by atoms with E-state index in [2.05, 4.69) is 15.0 Å². The summed E-state index contributed by atoms with van der Waals surface area (Å²) in [6.07, 6.45) is 2.59. The van der Waals surface area contributed by atoms with Gasteiger partial charge in [0, 0.05) is 19.2 Å². The molecule has 0 aromatic carbocycles. The third kappa shape index (κ3) is 3.84. The maximum atomic E-state index is 11.4. The highest BCUT2D eigenvalue weighted by molar-refractivity contribution is 5.92. The summed E-state index contributed by atoms with van der Waals surface area (Å²) in [5.41, 5.74) is 0.521. The maximum absolute atomic E-state index is 11.4. The fourth-order valence-corrected chi connectivity index (χ4v) is 1.10. The molecule has 0 aliphatic rings. The molecule has 0 saturated carbocycles. The molecule has 1 aromatic rings. The average molecular weight is 210 g/mol. The lowest BCUT2D eigenvalue weighted by atomic mass is 10.3. The van der Waals surface area contributed by atoms with Gasteiger partial charge in [0.15, 0.2) is 0 Å². The van der Waals surface area contributed by atoms with Crippen LogP contribution in [0.15, 0.2) is 18.3 Å². The monoisotopic (exact) mass is 210 g/mol. The van der Waals surface area contributed by atoms with Crippen molar-refractivity contribution in [2.24, 2.45) is 0 Å². The normalized spacial score (nSPS) is 9.67. The lowest BCUT2D eigenvalue weighted by Gasteiger charge is -2.02. The summed E-state index contributed by atoms with van der Waals surface area (Å²) in [5, 5.41) is 2.69. The van der Waals surface area contributed by atoms with Gasteiger partial charge in [-0.3, -0.25) is 9.59 Å². The van der Waals surface area contributed by atoms with Crippen molar-refractivity contribution in [2.45, 2.75) is 12.8 Å². The topological polar surface area (TPSA) is 71.2 Å². The quantitative estimate of drug-likeness (QED) is 0.555. The molecule has 5 nitrogen and oxygen atoms in total. The number of nitrogens with one attached hydrogen (secondary N) is 2. The summed E-state index contributed by atoms with van der Waals surface area (Å²) in [4.78, 5) is 24.9. The van der Waals surface area contributed by atoms with E-state index in [-0.39, 0.29) is 11.9 Å². The van der Waals surface area contributed by atoms with Gasteiger partial charge >= 0.3 is 5.97 Å². The Kier molecular flexibility index (Phi) is 4.40. The molecule has 0 aliphatic carbocycles. The number of ether oxygens (including phenoxy) is 1. The molecule has 1 rings (SSSR count). The molecule has 0 saturated heterocycles. The van der Waals surface area contributed by atoms with Crippen molar-refractivity contribution >= 4 is 11.9 Å². The van der Waals surface area contributed by atoms with E-state index in [0.717, 1.165) is 0 Å². The van der Waals surface area contributed by atoms with Gasteiger partial charge in [-0.1, -0.05) is 0 Å². The first kappa shape index (κ1) is 11.3. The maximum Gasteiger partial charge on any atom is 0.305 e. The van der Waals surface area contributed by atoms with Crippen LogP contribution < -0.4 is 5.32 Å². The third-order valence-corrected chi connectivity index (χ3v) is 1.91. The molecule has 1 amide bonds. The Hall–Kier alpha value is -1.78. The molecule has 82 valence electrons. The second-order valence-electron chi connectivity index (χ2n) is 3.02. The smallest absolute Gasteiger partial charge is 0.305 e. The number of amides is 1. The van der Waals surface area contributed by atoms with E-state index in [4.69, 9.17) is 0 Å². The Morgan fingerprint density at radius 2 is 2.33 bits per heavy atom. The summed E-state index contributed by atoms with van der Waals surface area (Å²) < 4.78 is 4.47. The van der Waals surface area contributed by atoms with E-state index in [9.17, 15) is 9.59 Å². The van der Waals surface area contributed by atoms with Crippen LogP contribution in [0.2, 0.25) is 0 Å². The number of carbonyl (C=O) groups is 2.